The first kappa shape index (κ1) is 13.4. The third-order valence-corrected chi connectivity index (χ3v) is 2.93. The Labute approximate surface area is 114 Å². The van der Waals surface area contributed by atoms with Gasteiger partial charge in [-0.05, 0) is 36.1 Å². The smallest absolute Gasteiger partial charge is 0.145 e. The van der Waals surface area contributed by atoms with Crippen LogP contribution >= 0.6 is 0 Å². The number of aryl methyl sites for hydroxylation is 1. The Balaban J connectivity index is 2.38. The minimum Gasteiger partial charge on any atom is -0.455 e. The summed E-state index contributed by atoms with van der Waals surface area (Å²) in [6, 6.07) is 9.85. The first-order valence-corrected chi connectivity index (χ1v) is 6.37. The number of pyridine rings is 1. The summed E-state index contributed by atoms with van der Waals surface area (Å²) in [6.07, 6.45) is 1.64. The zero-order valence-corrected chi connectivity index (χ0v) is 11.9. The first-order valence-electron chi connectivity index (χ1n) is 6.37. The Hall–Kier alpha value is -2.03. The van der Waals surface area contributed by atoms with E-state index >= 15 is 0 Å². The predicted octanol–water partition coefficient (Wildman–Crippen LogP) is 4.06. The summed E-state index contributed by atoms with van der Waals surface area (Å²) in [5, 5.41) is 0. The highest BCUT2D eigenvalue weighted by molar-refractivity contribution is 5.44. The molecule has 0 aliphatic rings. The van der Waals surface area contributed by atoms with Crippen molar-refractivity contribution in [3.05, 3.63) is 47.7 Å². The summed E-state index contributed by atoms with van der Waals surface area (Å²) >= 11 is 0. The quantitative estimate of drug-likeness (QED) is 0.881. The van der Waals surface area contributed by atoms with Crippen LogP contribution in [0, 0.1) is 6.92 Å². The molecule has 0 saturated heterocycles. The van der Waals surface area contributed by atoms with Crippen molar-refractivity contribution < 1.29 is 4.74 Å². The average molecular weight is 256 g/mol. The minimum atomic E-state index is 0.0320. The Morgan fingerprint density at radius 3 is 2.42 bits per heavy atom. The second-order valence-electron chi connectivity index (χ2n) is 5.77. The van der Waals surface area contributed by atoms with Crippen LogP contribution in [0.25, 0.3) is 0 Å². The molecule has 19 heavy (non-hydrogen) atoms. The summed E-state index contributed by atoms with van der Waals surface area (Å²) in [4.78, 5) is 4.04. The maximum atomic E-state index is 5.95. The topological polar surface area (TPSA) is 48.1 Å². The van der Waals surface area contributed by atoms with Gasteiger partial charge in [-0.15, -0.1) is 0 Å². The van der Waals surface area contributed by atoms with E-state index < -0.39 is 0 Å². The number of anilines is 1. The molecule has 0 aliphatic heterocycles. The fourth-order valence-corrected chi connectivity index (χ4v) is 1.91. The molecule has 2 rings (SSSR count). The lowest BCUT2D eigenvalue weighted by molar-refractivity contribution is 0.453. The molecule has 0 aliphatic carbocycles. The lowest BCUT2D eigenvalue weighted by Gasteiger charge is -2.23. The maximum Gasteiger partial charge on any atom is 0.145 e. The van der Waals surface area contributed by atoms with Crippen molar-refractivity contribution in [3.63, 3.8) is 0 Å². The Kier molecular flexibility index (Phi) is 3.47. The van der Waals surface area contributed by atoms with Crippen molar-refractivity contribution in [1.29, 1.82) is 0 Å². The first-order chi connectivity index (χ1) is 8.86. The minimum absolute atomic E-state index is 0.0320. The second-order valence-corrected chi connectivity index (χ2v) is 5.77. The van der Waals surface area contributed by atoms with Crippen LogP contribution in [-0.2, 0) is 5.41 Å². The molecule has 100 valence electrons. The molecule has 0 spiro atoms. The van der Waals surface area contributed by atoms with Gasteiger partial charge in [-0.3, -0.25) is 0 Å². The fraction of sp³-hybridized carbons (Fsp3) is 0.312. The van der Waals surface area contributed by atoms with Crippen LogP contribution in [-0.4, -0.2) is 4.98 Å². The number of hydrogen-bond acceptors (Lipinski definition) is 3. The summed E-state index contributed by atoms with van der Waals surface area (Å²) in [5.41, 5.74) is 7.96. The van der Waals surface area contributed by atoms with Gasteiger partial charge in [0.2, 0.25) is 0 Å². The van der Waals surface area contributed by atoms with Crippen molar-refractivity contribution in [2.24, 2.45) is 0 Å². The molecule has 0 atom stereocenters. The molecule has 0 saturated carbocycles. The molecule has 3 heteroatoms. The standard InChI is InChI=1S/C16H20N2O/c1-11-5-7-13(16(2,3)4)14(9-11)19-12-6-8-15(17)18-10-12/h5-10H,1-4H3,(H2,17,18). The van der Waals surface area contributed by atoms with Gasteiger partial charge >= 0.3 is 0 Å². The molecule has 0 fully saturated rings. The van der Waals surface area contributed by atoms with Crippen molar-refractivity contribution in [2.75, 3.05) is 5.73 Å². The lowest BCUT2D eigenvalue weighted by Crippen LogP contribution is -2.12. The summed E-state index contributed by atoms with van der Waals surface area (Å²) in [7, 11) is 0. The van der Waals surface area contributed by atoms with Gasteiger partial charge in [0.15, 0.2) is 0 Å². The van der Waals surface area contributed by atoms with E-state index in [1.807, 2.05) is 6.07 Å². The summed E-state index contributed by atoms with van der Waals surface area (Å²) < 4.78 is 5.95. The highest BCUT2D eigenvalue weighted by Crippen LogP contribution is 2.34. The molecule has 1 aromatic carbocycles. The molecular weight excluding hydrogens is 236 g/mol. The third-order valence-electron chi connectivity index (χ3n) is 2.93. The van der Waals surface area contributed by atoms with Crippen molar-refractivity contribution in [2.45, 2.75) is 33.1 Å². The van der Waals surface area contributed by atoms with Crippen LogP contribution in [0.5, 0.6) is 11.5 Å². The Morgan fingerprint density at radius 2 is 1.84 bits per heavy atom. The normalized spacial score (nSPS) is 11.4. The van der Waals surface area contributed by atoms with Crippen LogP contribution in [0.2, 0.25) is 0 Å². The molecule has 0 radical (unpaired) electrons. The SMILES string of the molecule is Cc1ccc(C(C)(C)C)c(Oc2ccc(N)nc2)c1. The van der Waals surface area contributed by atoms with E-state index in [1.165, 1.54) is 11.1 Å². The molecule has 1 aromatic heterocycles. The number of nitrogen functional groups attached to an aromatic ring is 1. The van der Waals surface area contributed by atoms with Gasteiger partial charge in [0.1, 0.15) is 17.3 Å². The van der Waals surface area contributed by atoms with Gasteiger partial charge in [-0.25, -0.2) is 4.98 Å². The van der Waals surface area contributed by atoms with E-state index in [2.05, 4.69) is 50.9 Å². The number of nitrogens with zero attached hydrogens (tertiary/aromatic N) is 1. The molecule has 0 amide bonds. The van der Waals surface area contributed by atoms with Crippen LogP contribution < -0.4 is 10.5 Å². The highest BCUT2D eigenvalue weighted by atomic mass is 16.5. The average Bonchev–Trinajstić information content (AvgIpc) is 2.30. The number of aromatic nitrogens is 1. The van der Waals surface area contributed by atoms with E-state index in [4.69, 9.17) is 10.5 Å². The molecule has 2 aromatic rings. The maximum absolute atomic E-state index is 5.95. The second kappa shape index (κ2) is 4.92. The van der Waals surface area contributed by atoms with Crippen molar-refractivity contribution >= 4 is 5.82 Å². The van der Waals surface area contributed by atoms with Crippen LogP contribution in [0.4, 0.5) is 5.82 Å². The van der Waals surface area contributed by atoms with E-state index in [9.17, 15) is 0 Å². The van der Waals surface area contributed by atoms with Crippen LogP contribution in [0.3, 0.4) is 0 Å². The van der Waals surface area contributed by atoms with Gasteiger partial charge in [0.05, 0.1) is 6.20 Å². The Morgan fingerprint density at radius 1 is 1.11 bits per heavy atom. The fourth-order valence-electron chi connectivity index (χ4n) is 1.91. The lowest BCUT2D eigenvalue weighted by atomic mass is 9.86. The van der Waals surface area contributed by atoms with Gasteiger partial charge in [-0.1, -0.05) is 32.9 Å². The number of ether oxygens (including phenoxy) is 1. The third kappa shape index (κ3) is 3.25. The largest absolute Gasteiger partial charge is 0.455 e. The van der Waals surface area contributed by atoms with E-state index in [0.717, 1.165) is 5.75 Å². The van der Waals surface area contributed by atoms with Crippen molar-refractivity contribution in [1.82, 2.24) is 4.98 Å². The van der Waals surface area contributed by atoms with Crippen LogP contribution in [0.1, 0.15) is 31.9 Å². The predicted molar refractivity (Wildman–Crippen MR) is 78.6 cm³/mol. The highest BCUT2D eigenvalue weighted by Gasteiger charge is 2.19. The van der Waals surface area contributed by atoms with Crippen LogP contribution in [0.15, 0.2) is 36.5 Å². The Bertz CT molecular complexity index is 568. The monoisotopic (exact) mass is 256 g/mol. The zero-order chi connectivity index (χ0) is 14.0. The molecule has 3 nitrogen and oxygen atoms in total. The molecule has 0 bridgehead atoms. The molecule has 0 unspecified atom stereocenters. The van der Waals surface area contributed by atoms with E-state index in [0.29, 0.717) is 11.6 Å². The zero-order valence-electron chi connectivity index (χ0n) is 11.9. The summed E-state index contributed by atoms with van der Waals surface area (Å²) in [5.74, 6) is 2.07. The van der Waals surface area contributed by atoms with E-state index in [-0.39, 0.29) is 5.41 Å². The number of rotatable bonds is 2. The number of nitrogens with two attached hydrogens (primary N) is 1. The number of benzene rings is 1. The van der Waals surface area contributed by atoms with E-state index in [1.54, 1.807) is 12.3 Å². The molecule has 1 heterocycles. The van der Waals surface area contributed by atoms with Crippen molar-refractivity contribution in [3.8, 4) is 11.5 Å². The van der Waals surface area contributed by atoms with Gasteiger partial charge < -0.3 is 10.5 Å². The number of hydrogen-bond donors (Lipinski definition) is 1. The van der Waals surface area contributed by atoms with Gasteiger partial charge in [0.25, 0.3) is 0 Å². The van der Waals surface area contributed by atoms with Gasteiger partial charge in [-0.2, -0.15) is 0 Å². The molecular formula is C16H20N2O. The summed E-state index contributed by atoms with van der Waals surface area (Å²) in [6.45, 7) is 8.57. The molecule has 2 N–H and O–H groups in total. The van der Waals surface area contributed by atoms with Gasteiger partial charge in [0, 0.05) is 5.56 Å².